The Balaban J connectivity index is 1.63. The quantitative estimate of drug-likeness (QED) is 0.691. The Morgan fingerprint density at radius 1 is 1.12 bits per heavy atom. The van der Waals surface area contributed by atoms with Crippen molar-refractivity contribution in [1.29, 1.82) is 0 Å². The zero-order valence-electron chi connectivity index (χ0n) is 13.5. The Morgan fingerprint density at radius 3 is 2.46 bits per heavy atom. The van der Waals surface area contributed by atoms with Crippen LogP contribution in [0.2, 0.25) is 0 Å². The summed E-state index contributed by atoms with van der Waals surface area (Å²) < 4.78 is 0. The van der Waals surface area contributed by atoms with Gasteiger partial charge in [0.1, 0.15) is 6.33 Å². The third kappa shape index (κ3) is 4.23. The number of nitrogens with zero attached hydrogens (tertiary/aromatic N) is 2. The number of thioether (sulfide) groups is 1. The number of hydrogen-bond donors (Lipinski definition) is 2. The molecule has 0 saturated carbocycles. The first-order valence-corrected chi connectivity index (χ1v) is 8.55. The predicted molar refractivity (Wildman–Crippen MR) is 96.3 cm³/mol. The summed E-state index contributed by atoms with van der Waals surface area (Å²) in [4.78, 5) is 16.4. The molecule has 0 saturated heterocycles. The van der Waals surface area contributed by atoms with Crippen molar-refractivity contribution in [3.8, 4) is 0 Å². The third-order valence-corrected chi connectivity index (χ3v) is 4.41. The fourth-order valence-corrected chi connectivity index (χ4v) is 3.15. The highest BCUT2D eigenvalue weighted by atomic mass is 32.2. The average Bonchev–Trinajstić information content (AvgIpc) is 3.06. The highest BCUT2D eigenvalue weighted by molar-refractivity contribution is 7.98. The van der Waals surface area contributed by atoms with Crippen LogP contribution in [0.3, 0.4) is 0 Å². The van der Waals surface area contributed by atoms with Crippen LogP contribution in [0.1, 0.15) is 27.0 Å². The Morgan fingerprint density at radius 2 is 1.83 bits per heavy atom. The van der Waals surface area contributed by atoms with Gasteiger partial charge in [0, 0.05) is 17.0 Å². The molecule has 0 bridgehead atoms. The zero-order chi connectivity index (χ0) is 16.9. The number of amides is 1. The number of anilines is 1. The van der Waals surface area contributed by atoms with Crippen LogP contribution in [0.4, 0.5) is 5.69 Å². The Hall–Kier alpha value is -2.60. The molecule has 1 aromatic heterocycles. The molecule has 2 aromatic carbocycles. The van der Waals surface area contributed by atoms with E-state index in [1.54, 1.807) is 11.8 Å². The molecule has 5 nitrogen and oxygen atoms in total. The van der Waals surface area contributed by atoms with Crippen LogP contribution in [0.5, 0.6) is 0 Å². The molecule has 0 fully saturated rings. The van der Waals surface area contributed by atoms with Crippen molar-refractivity contribution in [3.63, 3.8) is 0 Å². The van der Waals surface area contributed by atoms with Gasteiger partial charge in [0.2, 0.25) is 0 Å². The summed E-state index contributed by atoms with van der Waals surface area (Å²) in [6.45, 7) is 4.04. The van der Waals surface area contributed by atoms with E-state index in [1.165, 1.54) is 6.33 Å². The molecule has 3 aromatic rings. The minimum Gasteiger partial charge on any atom is -0.322 e. The van der Waals surface area contributed by atoms with E-state index in [1.807, 2.05) is 50.2 Å². The van der Waals surface area contributed by atoms with Crippen molar-refractivity contribution in [1.82, 2.24) is 15.2 Å². The number of benzene rings is 2. The lowest BCUT2D eigenvalue weighted by Crippen LogP contribution is -2.12. The molecule has 1 heterocycles. The van der Waals surface area contributed by atoms with Crippen LogP contribution in [0.25, 0.3) is 0 Å². The van der Waals surface area contributed by atoms with Crippen LogP contribution in [0, 0.1) is 13.8 Å². The van der Waals surface area contributed by atoms with E-state index in [0.717, 1.165) is 33.3 Å². The van der Waals surface area contributed by atoms with Gasteiger partial charge < -0.3 is 5.32 Å². The SMILES string of the molecule is Cc1cc(C)cc(NC(=O)c2ccc(CSc3ncn[nH]3)cc2)c1. The number of aromatic nitrogens is 3. The molecule has 0 unspecified atom stereocenters. The van der Waals surface area contributed by atoms with Crippen LogP contribution >= 0.6 is 11.8 Å². The first-order chi connectivity index (χ1) is 11.6. The molecule has 0 radical (unpaired) electrons. The fraction of sp³-hybridized carbons (Fsp3) is 0.167. The average molecular weight is 338 g/mol. The molecule has 2 N–H and O–H groups in total. The Labute approximate surface area is 144 Å². The normalized spacial score (nSPS) is 10.6. The maximum absolute atomic E-state index is 12.4. The second kappa shape index (κ2) is 7.31. The van der Waals surface area contributed by atoms with Crippen LogP contribution in [-0.4, -0.2) is 21.1 Å². The van der Waals surface area contributed by atoms with E-state index in [2.05, 4.69) is 26.6 Å². The van der Waals surface area contributed by atoms with Gasteiger partial charge in [0.15, 0.2) is 5.16 Å². The van der Waals surface area contributed by atoms with E-state index in [-0.39, 0.29) is 5.91 Å². The summed E-state index contributed by atoms with van der Waals surface area (Å²) in [6.07, 6.45) is 1.49. The lowest BCUT2D eigenvalue weighted by atomic mass is 10.1. The number of rotatable bonds is 5. The molecular formula is C18H18N4OS. The molecule has 24 heavy (non-hydrogen) atoms. The van der Waals surface area contributed by atoms with Gasteiger partial charge in [-0.05, 0) is 54.8 Å². The smallest absolute Gasteiger partial charge is 0.255 e. The third-order valence-electron chi connectivity index (χ3n) is 3.46. The fourth-order valence-electron chi connectivity index (χ4n) is 2.42. The van der Waals surface area contributed by atoms with E-state index in [9.17, 15) is 4.79 Å². The van der Waals surface area contributed by atoms with Gasteiger partial charge in [0.05, 0.1) is 0 Å². The molecule has 0 spiro atoms. The van der Waals surface area contributed by atoms with Gasteiger partial charge in [-0.1, -0.05) is 30.0 Å². The molecule has 0 aliphatic carbocycles. The monoisotopic (exact) mass is 338 g/mol. The van der Waals surface area contributed by atoms with Gasteiger partial charge >= 0.3 is 0 Å². The van der Waals surface area contributed by atoms with E-state index in [4.69, 9.17) is 0 Å². The summed E-state index contributed by atoms with van der Waals surface area (Å²) >= 11 is 1.57. The lowest BCUT2D eigenvalue weighted by molar-refractivity contribution is 0.102. The maximum atomic E-state index is 12.4. The molecule has 6 heteroatoms. The van der Waals surface area contributed by atoms with Crippen molar-refractivity contribution >= 4 is 23.4 Å². The molecular weight excluding hydrogens is 320 g/mol. The second-order valence-corrected chi connectivity index (χ2v) is 6.57. The minimum atomic E-state index is -0.102. The summed E-state index contributed by atoms with van der Waals surface area (Å²) in [7, 11) is 0. The molecule has 0 aliphatic heterocycles. The predicted octanol–water partition coefficient (Wildman–Crippen LogP) is 3.97. The first-order valence-electron chi connectivity index (χ1n) is 7.57. The van der Waals surface area contributed by atoms with Gasteiger partial charge in [0.25, 0.3) is 5.91 Å². The van der Waals surface area contributed by atoms with Gasteiger partial charge in [-0.25, -0.2) is 4.98 Å². The number of carbonyl (C=O) groups is 1. The molecule has 122 valence electrons. The zero-order valence-corrected chi connectivity index (χ0v) is 14.4. The lowest BCUT2D eigenvalue weighted by Gasteiger charge is -2.08. The number of aromatic amines is 1. The summed E-state index contributed by atoms with van der Waals surface area (Å²) in [5.74, 6) is 0.670. The van der Waals surface area contributed by atoms with Crippen LogP contribution in [-0.2, 0) is 5.75 Å². The topological polar surface area (TPSA) is 70.7 Å². The van der Waals surface area contributed by atoms with Gasteiger partial charge in [-0.2, -0.15) is 5.10 Å². The largest absolute Gasteiger partial charge is 0.322 e. The molecule has 3 rings (SSSR count). The highest BCUT2D eigenvalue weighted by Gasteiger charge is 2.07. The maximum Gasteiger partial charge on any atom is 0.255 e. The first kappa shape index (κ1) is 16.3. The van der Waals surface area contributed by atoms with E-state index in [0.29, 0.717) is 5.56 Å². The minimum absolute atomic E-state index is 0.102. The van der Waals surface area contributed by atoms with Crippen molar-refractivity contribution < 1.29 is 4.79 Å². The van der Waals surface area contributed by atoms with Crippen LogP contribution < -0.4 is 5.32 Å². The van der Waals surface area contributed by atoms with Gasteiger partial charge in [-0.15, -0.1) is 0 Å². The van der Waals surface area contributed by atoms with Crippen molar-refractivity contribution in [2.75, 3.05) is 5.32 Å². The van der Waals surface area contributed by atoms with E-state index < -0.39 is 0 Å². The van der Waals surface area contributed by atoms with Crippen molar-refractivity contribution in [3.05, 3.63) is 71.0 Å². The highest BCUT2D eigenvalue weighted by Crippen LogP contribution is 2.19. The van der Waals surface area contributed by atoms with Crippen molar-refractivity contribution in [2.45, 2.75) is 24.8 Å². The number of aryl methyl sites for hydroxylation is 2. The summed E-state index contributed by atoms with van der Waals surface area (Å²) in [5, 5.41) is 10.4. The number of H-pyrrole nitrogens is 1. The Kier molecular flexibility index (Phi) is 4.96. The standard InChI is InChI=1S/C18H18N4OS/c1-12-7-13(2)9-16(8-12)21-17(23)15-5-3-14(4-6-15)10-24-18-19-11-20-22-18/h3-9,11H,10H2,1-2H3,(H,21,23)(H,19,20,22). The number of carbonyl (C=O) groups excluding carboxylic acids is 1. The number of nitrogens with one attached hydrogen (secondary N) is 2. The summed E-state index contributed by atoms with van der Waals surface area (Å²) in [6, 6.07) is 13.6. The van der Waals surface area contributed by atoms with E-state index >= 15 is 0 Å². The number of hydrogen-bond acceptors (Lipinski definition) is 4. The molecule has 0 atom stereocenters. The van der Waals surface area contributed by atoms with Gasteiger partial charge in [-0.3, -0.25) is 9.89 Å². The van der Waals surface area contributed by atoms with Crippen molar-refractivity contribution in [2.24, 2.45) is 0 Å². The molecule has 1 amide bonds. The summed E-state index contributed by atoms with van der Waals surface area (Å²) in [5.41, 5.74) is 4.85. The second-order valence-electron chi connectivity index (χ2n) is 5.61. The molecule has 0 aliphatic rings. The Bertz CT molecular complexity index is 808. The van der Waals surface area contributed by atoms with Crippen LogP contribution in [0.15, 0.2) is 53.9 Å².